The van der Waals surface area contributed by atoms with Gasteiger partial charge in [-0.25, -0.2) is 28.8 Å². The molecule has 3 aliphatic heterocycles. The normalized spacial score (nSPS) is 18.7. The van der Waals surface area contributed by atoms with E-state index in [1.807, 2.05) is 0 Å². The van der Waals surface area contributed by atoms with Gasteiger partial charge in [-0.1, -0.05) is 0 Å². The molecule has 0 aromatic heterocycles. The fourth-order valence-electron chi connectivity index (χ4n) is 8.50. The Morgan fingerprint density at radius 3 is 1.25 bits per heavy atom. The maximum absolute atomic E-state index is 14.7. The van der Waals surface area contributed by atoms with Crippen LogP contribution in [0.25, 0.3) is 22.3 Å². The number of benzene rings is 6. The average molecular weight is 1100 g/mol. The molecular weight excluding hydrogens is 1070 g/mol. The first-order valence-electron chi connectivity index (χ1n) is 21.7. The summed E-state index contributed by atoms with van der Waals surface area (Å²) in [5.74, 6) is -37.5. The van der Waals surface area contributed by atoms with Crippen LogP contribution in [0.5, 0.6) is 109 Å². The summed E-state index contributed by atoms with van der Waals surface area (Å²) < 4.78 is 39.3. The molecule has 0 radical (unpaired) electrons. The number of carboxylic acid groups (broad SMARTS) is 1. The van der Waals surface area contributed by atoms with Gasteiger partial charge in [0.15, 0.2) is 81.2 Å². The van der Waals surface area contributed by atoms with Crippen molar-refractivity contribution in [1.82, 2.24) is 0 Å². The van der Waals surface area contributed by atoms with Crippen molar-refractivity contribution >= 4 is 35.8 Å². The Labute approximate surface area is 433 Å². The van der Waals surface area contributed by atoms with E-state index in [1.54, 1.807) is 0 Å². The standard InChI is InChI=1S/C48H32O31/c49-15-1-9(42(66)67)2-21(27(15)55)74-38-14(7-20(54)32(60)37(38)65)47(72)79-48-41-40(77-45(70)12-5-18(52)30(58)35(63)25(12)26-13(46(71)78-41)6-19(53)31(59)36(26)64)39-22(75-48)8-73-43(68)10-3-16(50)28(56)33(61)23(10)24-11(44(69)76-39)4-17(51)29(57)34(24)62/h1-7,22,39-41,48-65H,8H2,(H,66,67)/t22-,39-,40+,41-,48+/m1/s1. The number of hydrogen-bond donors (Lipinski definition) is 18. The molecule has 0 spiro atoms. The predicted molar refractivity (Wildman–Crippen MR) is 244 cm³/mol. The highest BCUT2D eigenvalue weighted by Crippen LogP contribution is 2.56. The number of ether oxygens (including phenoxy) is 7. The maximum atomic E-state index is 14.7. The number of carboxylic acids is 1. The molecule has 9 rings (SSSR count). The quantitative estimate of drug-likeness (QED) is 0.0670. The molecule has 0 unspecified atom stereocenters. The molecule has 3 heterocycles. The number of phenols is 17. The van der Waals surface area contributed by atoms with Crippen molar-refractivity contribution in [3.8, 4) is 131 Å². The smallest absolute Gasteiger partial charge is 0.344 e. The van der Waals surface area contributed by atoms with Crippen LogP contribution in [0.4, 0.5) is 0 Å². The van der Waals surface area contributed by atoms with Crippen molar-refractivity contribution in [2.75, 3.05) is 6.61 Å². The summed E-state index contributed by atoms with van der Waals surface area (Å²) >= 11 is 0. The summed E-state index contributed by atoms with van der Waals surface area (Å²) in [5.41, 5.74) is -11.3. The van der Waals surface area contributed by atoms with Crippen LogP contribution < -0.4 is 4.74 Å². The van der Waals surface area contributed by atoms with E-state index in [2.05, 4.69) is 0 Å². The van der Waals surface area contributed by atoms with E-state index < -0.39 is 238 Å². The zero-order valence-corrected chi connectivity index (χ0v) is 38.5. The second kappa shape index (κ2) is 18.7. The van der Waals surface area contributed by atoms with Gasteiger partial charge in [-0.05, 0) is 36.4 Å². The summed E-state index contributed by atoms with van der Waals surface area (Å²) in [7, 11) is 0. The molecule has 0 aliphatic carbocycles. The number of carbonyl (C=O) groups is 6. The monoisotopic (exact) mass is 1100 g/mol. The molecule has 18 N–H and O–H groups in total. The number of carbonyl (C=O) groups excluding carboxylic acids is 5. The molecule has 31 nitrogen and oxygen atoms in total. The number of rotatable bonds is 5. The van der Waals surface area contributed by atoms with Crippen molar-refractivity contribution < 1.29 is 154 Å². The van der Waals surface area contributed by atoms with Crippen molar-refractivity contribution in [3.05, 3.63) is 75.8 Å². The van der Waals surface area contributed by atoms with Crippen LogP contribution in [0.15, 0.2) is 42.5 Å². The predicted octanol–water partition coefficient (Wildman–Crippen LogP) is 2.55. The minimum atomic E-state index is -2.81. The maximum Gasteiger partial charge on any atom is 0.344 e. The van der Waals surface area contributed by atoms with E-state index in [1.165, 1.54) is 0 Å². The van der Waals surface area contributed by atoms with Crippen molar-refractivity contribution in [1.29, 1.82) is 0 Å². The van der Waals surface area contributed by atoms with E-state index in [0.29, 0.717) is 42.5 Å². The van der Waals surface area contributed by atoms with E-state index in [4.69, 9.17) is 33.2 Å². The van der Waals surface area contributed by atoms with Crippen LogP contribution in [-0.4, -0.2) is 165 Å². The minimum Gasteiger partial charge on any atom is -0.504 e. The Kier molecular flexibility index (Phi) is 12.4. The van der Waals surface area contributed by atoms with Gasteiger partial charge in [0.25, 0.3) is 0 Å². The molecule has 1 fully saturated rings. The second-order valence-electron chi connectivity index (χ2n) is 16.9. The Bertz CT molecular complexity index is 3730. The largest absolute Gasteiger partial charge is 0.504 e. The first-order chi connectivity index (χ1) is 37.1. The van der Waals surface area contributed by atoms with Gasteiger partial charge in [0.2, 0.25) is 52.6 Å². The highest BCUT2D eigenvalue weighted by Gasteiger charge is 2.56. The van der Waals surface area contributed by atoms with Gasteiger partial charge in [0.1, 0.15) is 18.3 Å². The Morgan fingerprint density at radius 2 is 0.810 bits per heavy atom. The SMILES string of the molecule is O=C(O)c1cc(O)c(O)c(Oc2c(C(=O)O[C@@H]3O[C@@H]4COC(=O)c5cc(O)c(O)c(O)c5-c5c(cc(O)c(O)c5O)C(=O)O[C@H]4[C@@H]4OC(=O)c5cc(O)c(O)c(O)c5-c5c(cc(O)c(O)c5O)C(=O)O[C@@H]34)cc(O)c(O)c2O)c1. The first kappa shape index (κ1) is 52.4. The lowest BCUT2D eigenvalue weighted by Crippen LogP contribution is -2.63. The molecule has 0 bridgehead atoms. The zero-order chi connectivity index (χ0) is 57.7. The van der Waals surface area contributed by atoms with Crippen LogP contribution in [0.2, 0.25) is 0 Å². The number of hydrogen-bond acceptors (Lipinski definition) is 30. The fraction of sp³-hybridized carbons (Fsp3) is 0.125. The van der Waals surface area contributed by atoms with Gasteiger partial charge in [0.05, 0.1) is 27.8 Å². The van der Waals surface area contributed by atoms with E-state index in [0.717, 1.165) is 0 Å². The number of phenolic OH excluding ortho intramolecular Hbond substituents is 17. The third-order valence-electron chi connectivity index (χ3n) is 12.3. The molecule has 3 aliphatic rings. The number of aromatic hydroxyl groups is 17. The molecule has 6 aromatic carbocycles. The van der Waals surface area contributed by atoms with Crippen molar-refractivity contribution in [2.45, 2.75) is 30.7 Å². The molecule has 1 saturated heterocycles. The molecule has 79 heavy (non-hydrogen) atoms. The molecule has 0 amide bonds. The first-order valence-corrected chi connectivity index (χ1v) is 21.7. The lowest BCUT2D eigenvalue weighted by molar-refractivity contribution is -0.282. The molecule has 6 aromatic rings. The number of fused-ring (bicyclic) bond motifs is 9. The third kappa shape index (κ3) is 8.40. The van der Waals surface area contributed by atoms with Crippen LogP contribution in [0, 0.1) is 0 Å². The average Bonchev–Trinajstić information content (AvgIpc) is 3.54. The highest BCUT2D eigenvalue weighted by atomic mass is 16.7. The van der Waals surface area contributed by atoms with Crippen LogP contribution in [0.1, 0.15) is 62.1 Å². The van der Waals surface area contributed by atoms with Crippen molar-refractivity contribution in [3.63, 3.8) is 0 Å². The van der Waals surface area contributed by atoms with Gasteiger partial charge in [-0.3, -0.25) is 0 Å². The summed E-state index contributed by atoms with van der Waals surface area (Å²) in [6, 6.07) is 2.82. The molecular formula is C48H32O31. The lowest BCUT2D eigenvalue weighted by Gasteiger charge is -2.44. The van der Waals surface area contributed by atoms with Crippen molar-refractivity contribution in [2.24, 2.45) is 0 Å². The summed E-state index contributed by atoms with van der Waals surface area (Å²) in [4.78, 5) is 84.3. The van der Waals surface area contributed by atoms with Crippen LogP contribution >= 0.6 is 0 Å². The van der Waals surface area contributed by atoms with Crippen LogP contribution in [0.3, 0.4) is 0 Å². The minimum absolute atomic E-state index is 0.295. The van der Waals surface area contributed by atoms with E-state index in [9.17, 15) is 121 Å². The fourth-order valence-corrected chi connectivity index (χ4v) is 8.50. The molecule has 5 atom stereocenters. The summed E-state index contributed by atoms with van der Waals surface area (Å²) in [6.07, 6.45) is -13.2. The van der Waals surface area contributed by atoms with Gasteiger partial charge < -0.3 is 125 Å². The molecule has 0 saturated carbocycles. The van der Waals surface area contributed by atoms with Gasteiger partial charge in [0, 0.05) is 28.3 Å². The number of esters is 5. The van der Waals surface area contributed by atoms with Gasteiger partial charge >= 0.3 is 35.8 Å². The zero-order valence-electron chi connectivity index (χ0n) is 38.5. The number of cyclic esters (lactones) is 1. The Hall–Kier alpha value is -11.5. The topological polar surface area (TPSA) is 531 Å². The second-order valence-corrected chi connectivity index (χ2v) is 16.9. The molecule has 410 valence electrons. The third-order valence-corrected chi connectivity index (χ3v) is 12.3. The van der Waals surface area contributed by atoms with Crippen LogP contribution in [-0.2, 0) is 28.4 Å². The lowest BCUT2D eigenvalue weighted by atomic mass is 9.91. The molecule has 31 heteroatoms. The highest BCUT2D eigenvalue weighted by molar-refractivity contribution is 6.10. The Morgan fingerprint density at radius 1 is 0.430 bits per heavy atom. The summed E-state index contributed by atoms with van der Waals surface area (Å²) in [5, 5.41) is 192. The number of aromatic carboxylic acids is 1. The van der Waals surface area contributed by atoms with E-state index >= 15 is 0 Å². The van der Waals surface area contributed by atoms with Gasteiger partial charge in [-0.2, -0.15) is 0 Å². The van der Waals surface area contributed by atoms with Gasteiger partial charge in [-0.15, -0.1) is 0 Å². The Balaban J connectivity index is 1.26. The van der Waals surface area contributed by atoms with E-state index in [-0.39, 0.29) is 0 Å². The summed E-state index contributed by atoms with van der Waals surface area (Å²) in [6.45, 7) is -1.39.